The molecule has 1 fully saturated rings. The molecule has 1 N–H and O–H groups in total. The molecule has 0 spiro atoms. The van der Waals surface area contributed by atoms with Crippen LogP contribution in [0.1, 0.15) is 23.2 Å². The molecular formula is C18H19F2N5O2. The highest BCUT2D eigenvalue weighted by atomic mass is 19.1. The molecule has 9 heteroatoms. The van der Waals surface area contributed by atoms with Crippen LogP contribution in [0.5, 0.6) is 0 Å². The van der Waals surface area contributed by atoms with Crippen LogP contribution >= 0.6 is 0 Å². The van der Waals surface area contributed by atoms with Gasteiger partial charge in [-0.2, -0.15) is 0 Å². The number of amides is 2. The quantitative estimate of drug-likeness (QED) is 0.888. The Morgan fingerprint density at radius 2 is 1.70 bits per heavy atom. The second-order valence-corrected chi connectivity index (χ2v) is 6.20. The second-order valence-electron chi connectivity index (χ2n) is 6.20. The third-order valence-corrected chi connectivity index (χ3v) is 4.31. The van der Waals surface area contributed by atoms with E-state index in [0.717, 1.165) is 12.1 Å². The maximum Gasteiger partial charge on any atom is 0.274 e. The average Bonchev–Trinajstić information content (AvgIpc) is 2.64. The third kappa shape index (κ3) is 4.18. The van der Waals surface area contributed by atoms with Crippen LogP contribution < -0.4 is 10.2 Å². The van der Waals surface area contributed by atoms with Gasteiger partial charge in [-0.05, 0) is 19.1 Å². The van der Waals surface area contributed by atoms with Gasteiger partial charge in [-0.25, -0.2) is 18.7 Å². The minimum atomic E-state index is -0.866. The van der Waals surface area contributed by atoms with Gasteiger partial charge in [0, 0.05) is 39.2 Å². The van der Waals surface area contributed by atoms with E-state index >= 15 is 0 Å². The third-order valence-electron chi connectivity index (χ3n) is 4.31. The lowest BCUT2D eigenvalue weighted by molar-refractivity contribution is -0.129. The molecule has 27 heavy (non-hydrogen) atoms. The second kappa shape index (κ2) is 7.65. The summed E-state index contributed by atoms with van der Waals surface area (Å²) in [6, 6.07) is 4.81. The lowest BCUT2D eigenvalue weighted by Gasteiger charge is -2.35. The molecule has 0 unspecified atom stereocenters. The molecule has 0 aliphatic carbocycles. The molecule has 0 atom stereocenters. The van der Waals surface area contributed by atoms with Crippen molar-refractivity contribution in [3.63, 3.8) is 0 Å². The first kappa shape index (κ1) is 18.7. The maximum absolute atomic E-state index is 13.7. The number of hydrogen-bond donors (Lipinski definition) is 1. The molecule has 1 aromatic carbocycles. The topological polar surface area (TPSA) is 78.4 Å². The van der Waals surface area contributed by atoms with E-state index in [1.54, 1.807) is 11.8 Å². The fourth-order valence-corrected chi connectivity index (χ4v) is 2.88. The number of anilines is 2. The molecule has 3 rings (SSSR count). The Bertz CT molecular complexity index is 862. The molecular weight excluding hydrogens is 356 g/mol. The van der Waals surface area contributed by atoms with Crippen LogP contribution in [0.25, 0.3) is 0 Å². The fraction of sp³-hybridized carbons (Fsp3) is 0.333. The number of carbonyl (C=O) groups is 2. The molecule has 2 heterocycles. The zero-order valence-electron chi connectivity index (χ0n) is 15.0. The largest absolute Gasteiger partial charge is 0.353 e. The first-order valence-electron chi connectivity index (χ1n) is 8.46. The molecule has 0 radical (unpaired) electrons. The normalized spacial score (nSPS) is 14.2. The van der Waals surface area contributed by atoms with Gasteiger partial charge in [-0.3, -0.25) is 9.59 Å². The predicted octanol–water partition coefficient (Wildman–Crippen LogP) is 1.98. The van der Waals surface area contributed by atoms with Crippen LogP contribution in [0.15, 0.2) is 24.3 Å². The molecule has 2 amide bonds. The zero-order valence-corrected chi connectivity index (χ0v) is 15.0. The number of rotatable bonds is 3. The van der Waals surface area contributed by atoms with E-state index in [1.165, 1.54) is 19.1 Å². The molecule has 1 saturated heterocycles. The summed E-state index contributed by atoms with van der Waals surface area (Å²) in [6.07, 6.45) is 0. The Kier molecular flexibility index (Phi) is 5.29. The number of piperazine rings is 1. The number of nitrogens with zero attached hydrogens (tertiary/aromatic N) is 4. The predicted molar refractivity (Wildman–Crippen MR) is 95.5 cm³/mol. The number of para-hydroxylation sites is 1. The van der Waals surface area contributed by atoms with Gasteiger partial charge in [0.2, 0.25) is 5.91 Å². The van der Waals surface area contributed by atoms with Gasteiger partial charge >= 0.3 is 0 Å². The first-order valence-corrected chi connectivity index (χ1v) is 8.46. The summed E-state index contributed by atoms with van der Waals surface area (Å²) in [5, 5.41) is 2.22. The Balaban J connectivity index is 1.79. The van der Waals surface area contributed by atoms with Crippen LogP contribution in [0.4, 0.5) is 20.3 Å². The molecule has 142 valence electrons. The van der Waals surface area contributed by atoms with Gasteiger partial charge < -0.3 is 15.1 Å². The number of halogens is 2. The van der Waals surface area contributed by atoms with Crippen LogP contribution in [-0.2, 0) is 4.79 Å². The van der Waals surface area contributed by atoms with Gasteiger partial charge in [0.15, 0.2) is 0 Å². The van der Waals surface area contributed by atoms with Crippen LogP contribution in [0.2, 0.25) is 0 Å². The van der Waals surface area contributed by atoms with Crippen molar-refractivity contribution < 1.29 is 18.4 Å². The van der Waals surface area contributed by atoms with E-state index in [9.17, 15) is 18.4 Å². The van der Waals surface area contributed by atoms with Crippen molar-refractivity contribution in [3.05, 3.63) is 47.4 Å². The van der Waals surface area contributed by atoms with Crippen LogP contribution in [0, 0.1) is 18.6 Å². The summed E-state index contributed by atoms with van der Waals surface area (Å²) in [5.74, 6) is -1.55. The number of aryl methyl sites for hydroxylation is 1. The number of nitrogens with one attached hydrogen (secondary N) is 1. The summed E-state index contributed by atoms with van der Waals surface area (Å²) in [5.41, 5.74) is -0.510. The summed E-state index contributed by atoms with van der Waals surface area (Å²) >= 11 is 0. The fourth-order valence-electron chi connectivity index (χ4n) is 2.88. The maximum atomic E-state index is 13.7. The van der Waals surface area contributed by atoms with Crippen molar-refractivity contribution >= 4 is 23.3 Å². The molecule has 7 nitrogen and oxygen atoms in total. The smallest absolute Gasteiger partial charge is 0.274 e. The van der Waals surface area contributed by atoms with Crippen LogP contribution in [0.3, 0.4) is 0 Å². The van der Waals surface area contributed by atoms with Gasteiger partial charge in [0.05, 0.1) is 0 Å². The Morgan fingerprint density at radius 1 is 1.07 bits per heavy atom. The number of hydrogen-bond acceptors (Lipinski definition) is 5. The highest BCUT2D eigenvalue weighted by Gasteiger charge is 2.22. The van der Waals surface area contributed by atoms with E-state index in [1.807, 2.05) is 4.90 Å². The SMILES string of the molecule is CC(=O)N1CCN(c2cc(C(=O)Nc3c(F)cccc3F)nc(C)n2)CC1. The molecule has 1 aliphatic rings. The summed E-state index contributed by atoms with van der Waals surface area (Å²) in [6.45, 7) is 5.41. The Hall–Kier alpha value is -3.10. The number of benzene rings is 1. The lowest BCUT2D eigenvalue weighted by Crippen LogP contribution is -2.48. The van der Waals surface area contributed by atoms with Gasteiger partial charge in [-0.1, -0.05) is 6.07 Å². The van der Waals surface area contributed by atoms with Crippen molar-refractivity contribution in [2.24, 2.45) is 0 Å². The van der Waals surface area contributed by atoms with Crippen molar-refractivity contribution in [1.82, 2.24) is 14.9 Å². The van der Waals surface area contributed by atoms with E-state index in [2.05, 4.69) is 15.3 Å². The van der Waals surface area contributed by atoms with Crippen molar-refractivity contribution in [2.45, 2.75) is 13.8 Å². The Labute approximate surface area is 155 Å². The van der Waals surface area contributed by atoms with Gasteiger partial charge in [0.1, 0.15) is 34.7 Å². The molecule has 1 aromatic heterocycles. The Morgan fingerprint density at radius 3 is 2.30 bits per heavy atom. The summed E-state index contributed by atoms with van der Waals surface area (Å²) in [4.78, 5) is 36.0. The van der Waals surface area contributed by atoms with E-state index in [0.29, 0.717) is 37.8 Å². The van der Waals surface area contributed by atoms with Gasteiger partial charge in [0.25, 0.3) is 5.91 Å². The first-order chi connectivity index (χ1) is 12.8. The molecule has 2 aromatic rings. The van der Waals surface area contributed by atoms with Crippen LogP contribution in [-0.4, -0.2) is 52.9 Å². The van der Waals surface area contributed by atoms with E-state index < -0.39 is 23.2 Å². The molecule has 0 bridgehead atoms. The highest BCUT2D eigenvalue weighted by Crippen LogP contribution is 2.20. The minimum absolute atomic E-state index is 0.00847. The summed E-state index contributed by atoms with van der Waals surface area (Å²) in [7, 11) is 0. The van der Waals surface area contributed by atoms with Crippen molar-refractivity contribution in [3.8, 4) is 0 Å². The standard InChI is InChI=1S/C18H19F2N5O2/c1-11-21-15(18(27)23-17-13(19)4-3-5-14(17)20)10-16(22-11)25-8-6-24(7-9-25)12(2)26/h3-5,10H,6-9H2,1-2H3,(H,23,27). The minimum Gasteiger partial charge on any atom is -0.353 e. The lowest BCUT2D eigenvalue weighted by atomic mass is 10.2. The number of aromatic nitrogens is 2. The average molecular weight is 375 g/mol. The van der Waals surface area contributed by atoms with E-state index in [4.69, 9.17) is 0 Å². The van der Waals surface area contributed by atoms with Crippen molar-refractivity contribution in [1.29, 1.82) is 0 Å². The zero-order chi connectivity index (χ0) is 19.6. The number of carbonyl (C=O) groups excluding carboxylic acids is 2. The molecule has 1 aliphatic heterocycles. The molecule has 0 saturated carbocycles. The summed E-state index contributed by atoms with van der Waals surface area (Å²) < 4.78 is 27.5. The monoisotopic (exact) mass is 375 g/mol. The van der Waals surface area contributed by atoms with Crippen molar-refractivity contribution in [2.75, 3.05) is 36.4 Å². The van der Waals surface area contributed by atoms with Gasteiger partial charge in [-0.15, -0.1) is 0 Å². The van der Waals surface area contributed by atoms with E-state index in [-0.39, 0.29) is 11.6 Å². The highest BCUT2D eigenvalue weighted by molar-refractivity contribution is 6.03.